The predicted molar refractivity (Wildman–Crippen MR) is 97.6 cm³/mol. The summed E-state index contributed by atoms with van der Waals surface area (Å²) in [4.78, 5) is 16.8. The SMILES string of the molecule is CS(=O)(=O)NCC1CCCN(CC(=O)N2CCc3ccccc3C2)C1. The van der Waals surface area contributed by atoms with Gasteiger partial charge in [-0.3, -0.25) is 9.69 Å². The van der Waals surface area contributed by atoms with Crippen molar-refractivity contribution in [3.05, 3.63) is 35.4 Å². The summed E-state index contributed by atoms with van der Waals surface area (Å²) in [6, 6.07) is 8.31. The van der Waals surface area contributed by atoms with Crippen molar-refractivity contribution in [2.75, 3.05) is 39.0 Å². The van der Waals surface area contributed by atoms with Gasteiger partial charge in [-0.25, -0.2) is 13.1 Å². The summed E-state index contributed by atoms with van der Waals surface area (Å²) in [6.45, 7) is 4.05. The highest BCUT2D eigenvalue weighted by molar-refractivity contribution is 7.88. The van der Waals surface area contributed by atoms with E-state index in [0.29, 0.717) is 19.6 Å². The minimum Gasteiger partial charge on any atom is -0.337 e. The van der Waals surface area contributed by atoms with E-state index in [0.717, 1.165) is 38.9 Å². The Morgan fingerprint density at radius 2 is 2.00 bits per heavy atom. The van der Waals surface area contributed by atoms with Crippen LogP contribution in [0.1, 0.15) is 24.0 Å². The molecule has 0 aliphatic carbocycles. The number of nitrogens with zero attached hydrogens (tertiary/aromatic N) is 2. The number of hydrogen-bond donors (Lipinski definition) is 1. The maximum atomic E-state index is 12.7. The highest BCUT2D eigenvalue weighted by Gasteiger charge is 2.26. The standard InChI is InChI=1S/C18H27N3O3S/c1-25(23,24)19-11-15-5-4-9-20(12-15)14-18(22)21-10-8-16-6-2-3-7-17(16)13-21/h2-3,6-7,15,19H,4-5,8-14H2,1H3. The number of piperidine rings is 1. The molecule has 3 rings (SSSR count). The van der Waals surface area contributed by atoms with Gasteiger partial charge in [0.2, 0.25) is 15.9 Å². The van der Waals surface area contributed by atoms with Crippen LogP contribution in [-0.4, -0.2) is 63.1 Å². The molecule has 1 amide bonds. The molecule has 138 valence electrons. The number of hydrogen-bond acceptors (Lipinski definition) is 4. The summed E-state index contributed by atoms with van der Waals surface area (Å²) < 4.78 is 25.1. The number of rotatable bonds is 5. The van der Waals surface area contributed by atoms with E-state index in [-0.39, 0.29) is 11.8 Å². The van der Waals surface area contributed by atoms with Crippen molar-refractivity contribution in [1.29, 1.82) is 0 Å². The van der Waals surface area contributed by atoms with Crippen LogP contribution in [0.25, 0.3) is 0 Å². The van der Waals surface area contributed by atoms with E-state index in [9.17, 15) is 13.2 Å². The number of carbonyl (C=O) groups excluding carboxylic acids is 1. The number of amides is 1. The lowest BCUT2D eigenvalue weighted by atomic mass is 9.98. The van der Waals surface area contributed by atoms with Crippen LogP contribution in [0.4, 0.5) is 0 Å². The maximum Gasteiger partial charge on any atom is 0.237 e. The molecule has 1 aromatic rings. The fourth-order valence-electron chi connectivity index (χ4n) is 3.73. The third-order valence-electron chi connectivity index (χ3n) is 5.08. The van der Waals surface area contributed by atoms with Gasteiger partial charge in [0.25, 0.3) is 0 Å². The third-order valence-corrected chi connectivity index (χ3v) is 5.77. The van der Waals surface area contributed by atoms with Crippen molar-refractivity contribution in [1.82, 2.24) is 14.5 Å². The minimum absolute atomic E-state index is 0.172. The Labute approximate surface area is 150 Å². The second-order valence-corrected chi connectivity index (χ2v) is 9.03. The molecule has 1 unspecified atom stereocenters. The highest BCUT2D eigenvalue weighted by Crippen LogP contribution is 2.20. The molecule has 2 aliphatic heterocycles. The fraction of sp³-hybridized carbons (Fsp3) is 0.611. The van der Waals surface area contributed by atoms with Crippen LogP contribution in [-0.2, 0) is 27.8 Å². The molecule has 2 heterocycles. The molecule has 0 bridgehead atoms. The molecule has 0 aromatic heterocycles. The monoisotopic (exact) mass is 365 g/mol. The van der Waals surface area contributed by atoms with E-state index in [2.05, 4.69) is 27.8 Å². The van der Waals surface area contributed by atoms with Gasteiger partial charge in [-0.1, -0.05) is 24.3 Å². The molecule has 2 aliphatic rings. The van der Waals surface area contributed by atoms with Gasteiger partial charge >= 0.3 is 0 Å². The molecule has 0 saturated carbocycles. The summed E-state index contributed by atoms with van der Waals surface area (Å²) in [6.07, 6.45) is 4.12. The second kappa shape index (κ2) is 7.85. The van der Waals surface area contributed by atoms with E-state index in [1.54, 1.807) is 0 Å². The quantitative estimate of drug-likeness (QED) is 0.839. The zero-order valence-electron chi connectivity index (χ0n) is 14.8. The smallest absolute Gasteiger partial charge is 0.237 e. The van der Waals surface area contributed by atoms with Crippen LogP contribution in [0.15, 0.2) is 24.3 Å². The van der Waals surface area contributed by atoms with Gasteiger partial charge in [0.15, 0.2) is 0 Å². The summed E-state index contributed by atoms with van der Waals surface area (Å²) in [7, 11) is -3.15. The lowest BCUT2D eigenvalue weighted by molar-refractivity contribution is -0.133. The first-order valence-electron chi connectivity index (χ1n) is 8.92. The first kappa shape index (κ1) is 18.4. The Morgan fingerprint density at radius 1 is 1.24 bits per heavy atom. The fourth-order valence-corrected chi connectivity index (χ4v) is 4.27. The van der Waals surface area contributed by atoms with Gasteiger partial charge in [0.1, 0.15) is 0 Å². The predicted octanol–water partition coefficient (Wildman–Crippen LogP) is 0.833. The summed E-state index contributed by atoms with van der Waals surface area (Å²) in [5.41, 5.74) is 2.59. The van der Waals surface area contributed by atoms with Crippen LogP contribution < -0.4 is 4.72 Å². The summed E-state index contributed by atoms with van der Waals surface area (Å²) >= 11 is 0. The number of nitrogens with one attached hydrogen (secondary N) is 1. The number of likely N-dealkylation sites (tertiary alicyclic amines) is 1. The number of benzene rings is 1. The second-order valence-electron chi connectivity index (χ2n) is 7.20. The minimum atomic E-state index is -3.15. The molecule has 0 spiro atoms. The van der Waals surface area contributed by atoms with Crippen molar-refractivity contribution in [2.45, 2.75) is 25.8 Å². The molecule has 25 heavy (non-hydrogen) atoms. The van der Waals surface area contributed by atoms with Crippen LogP contribution in [0, 0.1) is 5.92 Å². The van der Waals surface area contributed by atoms with Gasteiger partial charge in [-0.05, 0) is 42.9 Å². The topological polar surface area (TPSA) is 69.7 Å². The highest BCUT2D eigenvalue weighted by atomic mass is 32.2. The Morgan fingerprint density at radius 3 is 2.76 bits per heavy atom. The van der Waals surface area contributed by atoms with Crippen LogP contribution >= 0.6 is 0 Å². The average molecular weight is 365 g/mol. The average Bonchev–Trinajstić information content (AvgIpc) is 2.59. The van der Waals surface area contributed by atoms with Gasteiger partial charge in [0.05, 0.1) is 12.8 Å². The lowest BCUT2D eigenvalue weighted by Gasteiger charge is -2.35. The Balaban J connectivity index is 1.51. The molecular formula is C18H27N3O3S. The van der Waals surface area contributed by atoms with Crippen molar-refractivity contribution in [2.24, 2.45) is 5.92 Å². The molecule has 7 heteroatoms. The zero-order chi connectivity index (χ0) is 17.9. The largest absolute Gasteiger partial charge is 0.337 e. The first-order valence-corrected chi connectivity index (χ1v) is 10.8. The van der Waals surface area contributed by atoms with Crippen LogP contribution in [0.3, 0.4) is 0 Å². The Bertz CT molecular complexity index is 720. The van der Waals surface area contributed by atoms with E-state index in [1.807, 2.05) is 11.0 Å². The molecule has 0 radical (unpaired) electrons. The number of carbonyl (C=O) groups is 1. The normalized spacial score (nSPS) is 21.8. The van der Waals surface area contributed by atoms with Crippen molar-refractivity contribution in [3.8, 4) is 0 Å². The van der Waals surface area contributed by atoms with E-state index < -0.39 is 10.0 Å². The Kier molecular flexibility index (Phi) is 5.76. The number of fused-ring (bicyclic) bond motifs is 1. The van der Waals surface area contributed by atoms with Crippen molar-refractivity contribution >= 4 is 15.9 Å². The molecule has 1 saturated heterocycles. The van der Waals surface area contributed by atoms with Gasteiger partial charge in [-0.15, -0.1) is 0 Å². The molecule has 1 fully saturated rings. The summed E-state index contributed by atoms with van der Waals surface area (Å²) in [5, 5.41) is 0. The molecule has 1 atom stereocenters. The third kappa shape index (κ3) is 5.26. The van der Waals surface area contributed by atoms with Crippen LogP contribution in [0.2, 0.25) is 0 Å². The maximum absolute atomic E-state index is 12.7. The van der Waals surface area contributed by atoms with Gasteiger partial charge in [-0.2, -0.15) is 0 Å². The van der Waals surface area contributed by atoms with E-state index in [4.69, 9.17) is 0 Å². The van der Waals surface area contributed by atoms with Crippen molar-refractivity contribution < 1.29 is 13.2 Å². The summed E-state index contributed by atoms with van der Waals surface area (Å²) in [5.74, 6) is 0.449. The zero-order valence-corrected chi connectivity index (χ0v) is 15.6. The first-order chi connectivity index (χ1) is 11.9. The van der Waals surface area contributed by atoms with E-state index >= 15 is 0 Å². The van der Waals surface area contributed by atoms with Gasteiger partial charge < -0.3 is 4.90 Å². The molecular weight excluding hydrogens is 338 g/mol. The molecule has 6 nitrogen and oxygen atoms in total. The lowest BCUT2D eigenvalue weighted by Crippen LogP contribution is -2.47. The molecule has 1 N–H and O–H groups in total. The van der Waals surface area contributed by atoms with Crippen LogP contribution in [0.5, 0.6) is 0 Å². The Hall–Kier alpha value is -1.44. The molecule has 1 aromatic carbocycles. The van der Waals surface area contributed by atoms with Gasteiger partial charge in [0, 0.05) is 26.2 Å². The van der Waals surface area contributed by atoms with Crippen molar-refractivity contribution in [3.63, 3.8) is 0 Å². The number of sulfonamides is 1. The van der Waals surface area contributed by atoms with E-state index in [1.165, 1.54) is 17.4 Å².